The molecule has 0 aromatic heterocycles. The van der Waals surface area contributed by atoms with Gasteiger partial charge in [-0.2, -0.15) is 0 Å². The van der Waals surface area contributed by atoms with Crippen molar-refractivity contribution in [2.45, 2.75) is 50.7 Å². The molecular formula is C11H20N2. The zero-order valence-corrected chi connectivity index (χ0v) is 8.58. The number of nitrogens with zero attached hydrogens (tertiary/aromatic N) is 2. The van der Waals surface area contributed by atoms with E-state index in [0.717, 1.165) is 18.1 Å². The standard InChI is InChI=1S/C11H20N2/c1-9-8-12(10-2-3-10)6-7-13(9)11-4-5-11/h9-11H,2-8H2,1H3. The summed E-state index contributed by atoms with van der Waals surface area (Å²) in [4.78, 5) is 5.45. The maximum absolute atomic E-state index is 2.74. The summed E-state index contributed by atoms with van der Waals surface area (Å²) in [5.41, 5.74) is 0. The summed E-state index contributed by atoms with van der Waals surface area (Å²) < 4.78 is 0. The molecule has 3 fully saturated rings. The average Bonchev–Trinajstić information content (AvgIpc) is 3.00. The summed E-state index contributed by atoms with van der Waals surface area (Å²) in [5.74, 6) is 0. The first-order chi connectivity index (χ1) is 6.34. The number of piperazine rings is 1. The van der Waals surface area contributed by atoms with Crippen LogP contribution in [0.25, 0.3) is 0 Å². The first kappa shape index (κ1) is 8.25. The van der Waals surface area contributed by atoms with E-state index in [2.05, 4.69) is 16.7 Å². The van der Waals surface area contributed by atoms with Crippen LogP contribution in [0.3, 0.4) is 0 Å². The number of hydrogen-bond donors (Lipinski definition) is 0. The molecule has 1 heterocycles. The van der Waals surface area contributed by atoms with Gasteiger partial charge in [-0.1, -0.05) is 0 Å². The van der Waals surface area contributed by atoms with E-state index in [1.165, 1.54) is 45.3 Å². The Labute approximate surface area is 80.9 Å². The van der Waals surface area contributed by atoms with Crippen LogP contribution in [0.2, 0.25) is 0 Å². The van der Waals surface area contributed by atoms with Gasteiger partial charge in [0.15, 0.2) is 0 Å². The van der Waals surface area contributed by atoms with Gasteiger partial charge in [-0.05, 0) is 32.6 Å². The van der Waals surface area contributed by atoms with Crippen LogP contribution in [0, 0.1) is 0 Å². The molecule has 1 aliphatic heterocycles. The molecule has 0 spiro atoms. The van der Waals surface area contributed by atoms with Crippen molar-refractivity contribution in [3.05, 3.63) is 0 Å². The third-order valence-electron chi connectivity index (χ3n) is 3.79. The molecule has 74 valence electrons. The Kier molecular flexibility index (Phi) is 1.88. The smallest absolute Gasteiger partial charge is 0.0198 e. The van der Waals surface area contributed by atoms with Crippen molar-refractivity contribution in [2.24, 2.45) is 0 Å². The van der Waals surface area contributed by atoms with Gasteiger partial charge in [-0.3, -0.25) is 9.80 Å². The zero-order chi connectivity index (χ0) is 8.84. The topological polar surface area (TPSA) is 6.48 Å². The second-order valence-corrected chi connectivity index (χ2v) is 5.04. The summed E-state index contributed by atoms with van der Waals surface area (Å²) >= 11 is 0. The Morgan fingerprint density at radius 2 is 1.62 bits per heavy atom. The molecule has 1 unspecified atom stereocenters. The largest absolute Gasteiger partial charge is 0.298 e. The molecule has 2 heteroatoms. The predicted molar refractivity (Wildman–Crippen MR) is 53.8 cm³/mol. The molecule has 0 N–H and O–H groups in total. The number of hydrogen-bond acceptors (Lipinski definition) is 2. The van der Waals surface area contributed by atoms with E-state index in [0.29, 0.717) is 0 Å². The van der Waals surface area contributed by atoms with Crippen molar-refractivity contribution in [3.8, 4) is 0 Å². The Morgan fingerprint density at radius 3 is 2.15 bits per heavy atom. The van der Waals surface area contributed by atoms with Crippen LogP contribution in [0.5, 0.6) is 0 Å². The third kappa shape index (κ3) is 1.62. The van der Waals surface area contributed by atoms with Gasteiger partial charge in [-0.25, -0.2) is 0 Å². The van der Waals surface area contributed by atoms with Crippen molar-refractivity contribution in [2.75, 3.05) is 19.6 Å². The molecule has 0 aromatic rings. The quantitative estimate of drug-likeness (QED) is 0.632. The average molecular weight is 180 g/mol. The van der Waals surface area contributed by atoms with E-state index in [1.54, 1.807) is 0 Å². The van der Waals surface area contributed by atoms with Crippen molar-refractivity contribution in [1.82, 2.24) is 9.80 Å². The number of rotatable bonds is 2. The minimum Gasteiger partial charge on any atom is -0.298 e. The van der Waals surface area contributed by atoms with Crippen LogP contribution in [-0.4, -0.2) is 47.6 Å². The summed E-state index contributed by atoms with van der Waals surface area (Å²) in [6, 6.07) is 2.77. The lowest BCUT2D eigenvalue weighted by atomic mass is 10.2. The molecule has 13 heavy (non-hydrogen) atoms. The fourth-order valence-electron chi connectivity index (χ4n) is 2.72. The van der Waals surface area contributed by atoms with E-state index in [4.69, 9.17) is 0 Å². The highest BCUT2D eigenvalue weighted by Crippen LogP contribution is 2.33. The Morgan fingerprint density at radius 1 is 0.923 bits per heavy atom. The molecule has 3 rings (SSSR count). The summed E-state index contributed by atoms with van der Waals surface area (Å²) in [6.07, 6.45) is 5.87. The van der Waals surface area contributed by atoms with E-state index in [-0.39, 0.29) is 0 Å². The summed E-state index contributed by atoms with van der Waals surface area (Å²) in [6.45, 7) is 6.42. The molecule has 2 nitrogen and oxygen atoms in total. The highest BCUT2D eigenvalue weighted by molar-refractivity contribution is 4.95. The lowest BCUT2D eigenvalue weighted by Crippen LogP contribution is -2.53. The van der Waals surface area contributed by atoms with Crippen molar-refractivity contribution >= 4 is 0 Å². The van der Waals surface area contributed by atoms with Gasteiger partial charge in [0.05, 0.1) is 0 Å². The van der Waals surface area contributed by atoms with Gasteiger partial charge in [0.1, 0.15) is 0 Å². The second-order valence-electron chi connectivity index (χ2n) is 5.04. The van der Waals surface area contributed by atoms with E-state index < -0.39 is 0 Å². The van der Waals surface area contributed by atoms with Crippen LogP contribution < -0.4 is 0 Å². The first-order valence-corrected chi connectivity index (χ1v) is 5.84. The summed E-state index contributed by atoms with van der Waals surface area (Å²) in [7, 11) is 0. The van der Waals surface area contributed by atoms with Crippen molar-refractivity contribution in [1.29, 1.82) is 0 Å². The molecule has 0 aromatic carbocycles. The maximum atomic E-state index is 2.74. The normalized spacial score (nSPS) is 38.1. The van der Waals surface area contributed by atoms with E-state index >= 15 is 0 Å². The molecule has 1 atom stereocenters. The van der Waals surface area contributed by atoms with Crippen LogP contribution in [0.1, 0.15) is 32.6 Å². The van der Waals surface area contributed by atoms with E-state index in [9.17, 15) is 0 Å². The molecule has 0 amide bonds. The second kappa shape index (κ2) is 2.96. The van der Waals surface area contributed by atoms with Crippen molar-refractivity contribution < 1.29 is 0 Å². The van der Waals surface area contributed by atoms with Crippen LogP contribution in [0.4, 0.5) is 0 Å². The van der Waals surface area contributed by atoms with Gasteiger partial charge < -0.3 is 0 Å². The van der Waals surface area contributed by atoms with Gasteiger partial charge in [0.25, 0.3) is 0 Å². The lowest BCUT2D eigenvalue weighted by Gasteiger charge is -2.40. The Bertz CT molecular complexity index is 196. The minimum absolute atomic E-state index is 0.821. The van der Waals surface area contributed by atoms with Crippen LogP contribution in [-0.2, 0) is 0 Å². The zero-order valence-electron chi connectivity index (χ0n) is 8.58. The lowest BCUT2D eigenvalue weighted by molar-refractivity contribution is 0.0726. The highest BCUT2D eigenvalue weighted by atomic mass is 15.3. The Balaban J connectivity index is 1.58. The molecule has 3 aliphatic rings. The first-order valence-electron chi connectivity index (χ1n) is 5.84. The van der Waals surface area contributed by atoms with Gasteiger partial charge in [-0.15, -0.1) is 0 Å². The predicted octanol–water partition coefficient (Wildman–Crippen LogP) is 1.32. The maximum Gasteiger partial charge on any atom is 0.0198 e. The molecule has 2 aliphatic carbocycles. The van der Waals surface area contributed by atoms with E-state index in [1.807, 2.05) is 0 Å². The minimum atomic E-state index is 0.821. The third-order valence-corrected chi connectivity index (χ3v) is 3.79. The fourth-order valence-corrected chi connectivity index (χ4v) is 2.72. The van der Waals surface area contributed by atoms with Crippen LogP contribution >= 0.6 is 0 Å². The van der Waals surface area contributed by atoms with Gasteiger partial charge >= 0.3 is 0 Å². The molecule has 2 saturated carbocycles. The Hall–Kier alpha value is -0.0800. The van der Waals surface area contributed by atoms with Gasteiger partial charge in [0.2, 0.25) is 0 Å². The molecule has 0 radical (unpaired) electrons. The molecule has 1 saturated heterocycles. The SMILES string of the molecule is CC1CN(C2CC2)CCN1C1CC1. The fraction of sp³-hybridized carbons (Fsp3) is 1.00. The molecule has 0 bridgehead atoms. The van der Waals surface area contributed by atoms with Crippen LogP contribution in [0.15, 0.2) is 0 Å². The van der Waals surface area contributed by atoms with Crippen molar-refractivity contribution in [3.63, 3.8) is 0 Å². The highest BCUT2D eigenvalue weighted by Gasteiger charge is 2.38. The summed E-state index contributed by atoms with van der Waals surface area (Å²) in [5, 5.41) is 0. The molecular weight excluding hydrogens is 160 g/mol. The van der Waals surface area contributed by atoms with Gasteiger partial charge in [0, 0.05) is 37.8 Å². The monoisotopic (exact) mass is 180 g/mol.